The fourth-order valence-corrected chi connectivity index (χ4v) is 3.36. The molecule has 5 heteroatoms. The molecule has 1 aromatic rings. The summed E-state index contributed by atoms with van der Waals surface area (Å²) >= 11 is 1.84. The third-order valence-corrected chi connectivity index (χ3v) is 4.83. The maximum atomic E-state index is 5.83. The molecule has 0 N–H and O–H groups in total. The molecule has 1 aliphatic rings. The van der Waals surface area contributed by atoms with Crippen molar-refractivity contribution in [3.8, 4) is 0 Å². The Morgan fingerprint density at radius 2 is 2.00 bits per heavy atom. The fourth-order valence-electron chi connectivity index (χ4n) is 2.45. The number of ether oxygens (including phenoxy) is 3. The zero-order chi connectivity index (χ0) is 15.1. The third kappa shape index (κ3) is 4.97. The first-order chi connectivity index (χ1) is 10.3. The van der Waals surface area contributed by atoms with Gasteiger partial charge in [0.1, 0.15) is 0 Å². The average molecular weight is 311 g/mol. The summed E-state index contributed by atoms with van der Waals surface area (Å²) in [6.07, 6.45) is 0.0397. The van der Waals surface area contributed by atoms with Gasteiger partial charge in [0.2, 0.25) is 0 Å². The van der Waals surface area contributed by atoms with E-state index < -0.39 is 0 Å². The predicted molar refractivity (Wildman–Crippen MR) is 85.8 cm³/mol. The lowest BCUT2D eigenvalue weighted by Gasteiger charge is -2.31. The molecule has 1 aromatic carbocycles. The summed E-state index contributed by atoms with van der Waals surface area (Å²) in [5, 5.41) is 0. The fraction of sp³-hybridized carbons (Fsp3) is 0.625. The molecule has 21 heavy (non-hydrogen) atoms. The summed E-state index contributed by atoms with van der Waals surface area (Å²) in [6.45, 7) is 6.26. The molecule has 1 heterocycles. The van der Waals surface area contributed by atoms with Gasteiger partial charge in [-0.05, 0) is 18.7 Å². The van der Waals surface area contributed by atoms with Crippen LogP contribution in [0.2, 0.25) is 0 Å². The Bertz CT molecular complexity index is 408. The van der Waals surface area contributed by atoms with Crippen molar-refractivity contribution in [1.82, 2.24) is 4.90 Å². The largest absolute Gasteiger partial charge is 0.375 e. The van der Waals surface area contributed by atoms with E-state index in [1.807, 2.05) is 11.8 Å². The zero-order valence-electron chi connectivity index (χ0n) is 13.1. The van der Waals surface area contributed by atoms with E-state index in [1.54, 1.807) is 14.2 Å². The molecule has 1 saturated heterocycles. The van der Waals surface area contributed by atoms with Crippen LogP contribution < -0.4 is 0 Å². The maximum Gasteiger partial charge on any atom is 0.183 e. The molecular weight excluding hydrogens is 286 g/mol. The number of morpholine rings is 1. The number of hydrogen-bond acceptors (Lipinski definition) is 5. The minimum Gasteiger partial charge on any atom is -0.375 e. The Labute approximate surface area is 131 Å². The third-order valence-electron chi connectivity index (χ3n) is 3.69. The van der Waals surface area contributed by atoms with Crippen LogP contribution in [0.5, 0.6) is 0 Å². The molecule has 0 radical (unpaired) electrons. The van der Waals surface area contributed by atoms with Crippen molar-refractivity contribution in [1.29, 1.82) is 0 Å². The first-order valence-electron chi connectivity index (χ1n) is 7.39. The molecule has 1 fully saturated rings. The van der Waals surface area contributed by atoms with Crippen molar-refractivity contribution in [2.45, 2.75) is 24.2 Å². The molecule has 4 nitrogen and oxygen atoms in total. The van der Waals surface area contributed by atoms with Crippen molar-refractivity contribution in [3.05, 3.63) is 29.8 Å². The van der Waals surface area contributed by atoms with Gasteiger partial charge in [-0.25, -0.2) is 0 Å². The van der Waals surface area contributed by atoms with E-state index in [4.69, 9.17) is 14.2 Å². The van der Waals surface area contributed by atoms with Crippen LogP contribution in [0.1, 0.15) is 18.8 Å². The Kier molecular flexibility index (Phi) is 6.99. The van der Waals surface area contributed by atoms with Crippen LogP contribution >= 0.6 is 11.8 Å². The van der Waals surface area contributed by atoms with E-state index in [0.717, 1.165) is 37.6 Å². The molecule has 2 rings (SSSR count). The summed E-state index contributed by atoms with van der Waals surface area (Å²) in [7, 11) is 3.30. The lowest BCUT2D eigenvalue weighted by molar-refractivity contribution is -0.106. The lowest BCUT2D eigenvalue weighted by atomic mass is 10.2. The summed E-state index contributed by atoms with van der Waals surface area (Å²) in [5.74, 6) is 0.994. The topological polar surface area (TPSA) is 30.9 Å². The molecule has 1 unspecified atom stereocenters. The van der Waals surface area contributed by atoms with Crippen molar-refractivity contribution >= 4 is 11.8 Å². The first kappa shape index (κ1) is 16.8. The van der Waals surface area contributed by atoms with Gasteiger partial charge in [0.25, 0.3) is 0 Å². The van der Waals surface area contributed by atoms with E-state index in [1.165, 1.54) is 4.90 Å². The van der Waals surface area contributed by atoms with E-state index in [0.29, 0.717) is 6.10 Å². The molecule has 0 bridgehead atoms. The van der Waals surface area contributed by atoms with Crippen LogP contribution in [0, 0.1) is 0 Å². The maximum absolute atomic E-state index is 5.83. The lowest BCUT2D eigenvalue weighted by Crippen LogP contribution is -2.43. The van der Waals surface area contributed by atoms with E-state index in [9.17, 15) is 0 Å². The van der Waals surface area contributed by atoms with Gasteiger partial charge in [-0.2, -0.15) is 0 Å². The highest BCUT2D eigenvalue weighted by atomic mass is 32.2. The highest BCUT2D eigenvalue weighted by Crippen LogP contribution is 2.24. The Morgan fingerprint density at radius 1 is 1.29 bits per heavy atom. The minimum absolute atomic E-state index is 0.288. The Balaban J connectivity index is 1.83. The second-order valence-corrected chi connectivity index (χ2v) is 6.16. The van der Waals surface area contributed by atoms with Crippen LogP contribution in [0.4, 0.5) is 0 Å². The van der Waals surface area contributed by atoms with Gasteiger partial charge in [0.15, 0.2) is 6.29 Å². The quantitative estimate of drug-likeness (QED) is 0.571. The van der Waals surface area contributed by atoms with Gasteiger partial charge in [-0.15, -0.1) is 11.8 Å². The van der Waals surface area contributed by atoms with Gasteiger partial charge in [0, 0.05) is 43.5 Å². The molecular formula is C16H25NO3S. The second-order valence-electron chi connectivity index (χ2n) is 5.07. The minimum atomic E-state index is -0.288. The molecule has 0 aromatic heterocycles. The van der Waals surface area contributed by atoms with E-state index in [-0.39, 0.29) is 6.29 Å². The van der Waals surface area contributed by atoms with Gasteiger partial charge in [-0.3, -0.25) is 4.90 Å². The van der Waals surface area contributed by atoms with Crippen molar-refractivity contribution in [2.24, 2.45) is 0 Å². The Hall–Kier alpha value is -0.590. The summed E-state index contributed by atoms with van der Waals surface area (Å²) in [4.78, 5) is 3.70. The average Bonchev–Trinajstić information content (AvgIpc) is 2.55. The first-order valence-corrected chi connectivity index (χ1v) is 8.37. The molecule has 1 aliphatic heterocycles. The molecule has 0 aliphatic carbocycles. The van der Waals surface area contributed by atoms with E-state index >= 15 is 0 Å². The predicted octanol–water partition coefficient (Wildman–Crippen LogP) is 2.79. The number of likely N-dealkylation sites (N-methyl/N-ethyl adjacent to an activating group) is 1. The van der Waals surface area contributed by atoms with Crippen molar-refractivity contribution < 1.29 is 14.2 Å². The van der Waals surface area contributed by atoms with Gasteiger partial charge < -0.3 is 14.2 Å². The number of rotatable bonds is 7. The van der Waals surface area contributed by atoms with E-state index in [2.05, 4.69) is 36.1 Å². The van der Waals surface area contributed by atoms with Crippen LogP contribution in [0.3, 0.4) is 0 Å². The van der Waals surface area contributed by atoms with Crippen LogP contribution in [-0.2, 0) is 14.2 Å². The molecule has 0 saturated carbocycles. The SMILES string of the molecule is CCN1CCOC(CSc2ccc(C(OC)OC)cc2)C1. The summed E-state index contributed by atoms with van der Waals surface area (Å²) in [6, 6.07) is 8.34. The number of methoxy groups -OCH3 is 2. The smallest absolute Gasteiger partial charge is 0.183 e. The number of benzene rings is 1. The normalized spacial score (nSPS) is 20.1. The van der Waals surface area contributed by atoms with Gasteiger partial charge in [-0.1, -0.05) is 19.1 Å². The van der Waals surface area contributed by atoms with Crippen LogP contribution in [-0.4, -0.2) is 57.2 Å². The monoisotopic (exact) mass is 311 g/mol. The van der Waals surface area contributed by atoms with Crippen molar-refractivity contribution in [2.75, 3.05) is 46.2 Å². The number of hydrogen-bond donors (Lipinski definition) is 0. The zero-order valence-corrected chi connectivity index (χ0v) is 13.9. The highest BCUT2D eigenvalue weighted by Gasteiger charge is 2.19. The summed E-state index contributed by atoms with van der Waals surface area (Å²) in [5.41, 5.74) is 1.04. The highest BCUT2D eigenvalue weighted by molar-refractivity contribution is 7.99. The standard InChI is InChI=1S/C16H25NO3S/c1-4-17-9-10-20-14(11-17)12-21-15-7-5-13(6-8-15)16(18-2)19-3/h5-8,14,16H,4,9-12H2,1-3H3. The van der Waals surface area contributed by atoms with Gasteiger partial charge in [0.05, 0.1) is 12.7 Å². The second kappa shape index (κ2) is 8.76. The Morgan fingerprint density at radius 3 is 2.62 bits per heavy atom. The molecule has 1 atom stereocenters. The van der Waals surface area contributed by atoms with Gasteiger partial charge >= 0.3 is 0 Å². The number of thioether (sulfide) groups is 1. The summed E-state index contributed by atoms with van der Waals surface area (Å²) < 4.78 is 16.3. The molecule has 118 valence electrons. The molecule has 0 spiro atoms. The van der Waals surface area contributed by atoms with Crippen LogP contribution in [0.25, 0.3) is 0 Å². The van der Waals surface area contributed by atoms with Crippen molar-refractivity contribution in [3.63, 3.8) is 0 Å². The van der Waals surface area contributed by atoms with Crippen LogP contribution in [0.15, 0.2) is 29.2 Å². The number of nitrogens with zero attached hydrogens (tertiary/aromatic N) is 1. The molecule has 0 amide bonds.